The molecular formula is C38H41ClO5. The summed E-state index contributed by atoms with van der Waals surface area (Å²) >= 11 is 6.00. The molecule has 0 saturated carbocycles. The van der Waals surface area contributed by atoms with Crippen LogP contribution >= 0.6 is 11.6 Å². The molecule has 1 aliphatic rings. The fraction of sp³-hybridized carbons (Fsp3) is 0.316. The molecule has 0 spiro atoms. The van der Waals surface area contributed by atoms with Gasteiger partial charge in [0.2, 0.25) is 0 Å². The predicted molar refractivity (Wildman–Crippen MR) is 174 cm³/mol. The van der Waals surface area contributed by atoms with Crippen LogP contribution in [0.15, 0.2) is 133 Å². The highest BCUT2D eigenvalue weighted by molar-refractivity contribution is 6.18. The summed E-state index contributed by atoms with van der Waals surface area (Å²) in [6.07, 6.45) is 2.69. The third-order valence-corrected chi connectivity index (χ3v) is 7.78. The molecule has 5 nitrogen and oxygen atoms in total. The molecule has 1 fully saturated rings. The fourth-order valence-electron chi connectivity index (χ4n) is 5.37. The highest BCUT2D eigenvalue weighted by atomic mass is 35.5. The van der Waals surface area contributed by atoms with Crippen LogP contribution in [0.3, 0.4) is 0 Å². The first kappa shape index (κ1) is 32.1. The maximum atomic E-state index is 6.81. The summed E-state index contributed by atoms with van der Waals surface area (Å²) in [6.45, 7) is 2.09. The molecule has 0 bridgehead atoms. The van der Waals surface area contributed by atoms with E-state index < -0.39 is 18.3 Å². The van der Waals surface area contributed by atoms with E-state index in [1.165, 1.54) is 0 Å². The quantitative estimate of drug-likeness (QED) is 0.0950. The number of benzene rings is 4. The van der Waals surface area contributed by atoms with Crippen LogP contribution in [0.2, 0.25) is 0 Å². The maximum absolute atomic E-state index is 6.81. The van der Waals surface area contributed by atoms with Gasteiger partial charge in [0.25, 0.3) is 0 Å². The van der Waals surface area contributed by atoms with Gasteiger partial charge in [0.15, 0.2) is 0 Å². The van der Waals surface area contributed by atoms with Gasteiger partial charge < -0.3 is 23.7 Å². The van der Waals surface area contributed by atoms with Crippen LogP contribution < -0.4 is 0 Å². The summed E-state index contributed by atoms with van der Waals surface area (Å²) in [6, 6.07) is 40.7. The number of alkyl halides is 1. The van der Waals surface area contributed by atoms with Gasteiger partial charge in [-0.3, -0.25) is 0 Å². The van der Waals surface area contributed by atoms with Crippen LogP contribution in [-0.2, 0) is 50.1 Å². The molecule has 0 N–H and O–H groups in total. The molecule has 44 heavy (non-hydrogen) atoms. The Morgan fingerprint density at radius 2 is 0.909 bits per heavy atom. The summed E-state index contributed by atoms with van der Waals surface area (Å²) in [7, 11) is 0. The fourth-order valence-corrected chi connectivity index (χ4v) is 5.49. The molecule has 4 aromatic rings. The molecule has 0 aliphatic carbocycles. The van der Waals surface area contributed by atoms with Crippen LogP contribution in [0.5, 0.6) is 0 Å². The van der Waals surface area contributed by atoms with Crippen LogP contribution in [0.1, 0.15) is 28.7 Å². The van der Waals surface area contributed by atoms with E-state index >= 15 is 0 Å². The number of allylic oxidation sites excluding steroid dienone is 1. The minimum atomic E-state index is -0.441. The second-order valence-corrected chi connectivity index (χ2v) is 11.2. The van der Waals surface area contributed by atoms with Crippen molar-refractivity contribution in [3.63, 3.8) is 0 Å². The number of hydrogen-bond acceptors (Lipinski definition) is 5. The number of ether oxygens (including phenoxy) is 5. The van der Waals surface area contributed by atoms with Gasteiger partial charge in [0, 0.05) is 5.88 Å². The third-order valence-electron chi connectivity index (χ3n) is 7.60. The zero-order valence-electron chi connectivity index (χ0n) is 25.0. The first-order chi connectivity index (χ1) is 21.8. The van der Waals surface area contributed by atoms with Crippen LogP contribution in [0.25, 0.3) is 0 Å². The normalized spacial score (nSPS) is 21.9. The number of hydrogen-bond donors (Lipinski definition) is 0. The second kappa shape index (κ2) is 17.9. The van der Waals surface area contributed by atoms with Crippen LogP contribution in [-0.4, -0.2) is 43.0 Å². The first-order valence-corrected chi connectivity index (χ1v) is 15.8. The van der Waals surface area contributed by atoms with E-state index in [4.69, 9.17) is 35.3 Å². The molecule has 4 aromatic carbocycles. The summed E-state index contributed by atoms with van der Waals surface area (Å²) in [5.74, 6) is 0.433. The Labute approximate surface area is 266 Å². The van der Waals surface area contributed by atoms with Gasteiger partial charge in [-0.15, -0.1) is 11.6 Å². The largest absolute Gasteiger partial charge is 0.374 e. The second-order valence-electron chi connectivity index (χ2n) is 10.9. The highest BCUT2D eigenvalue weighted by Gasteiger charge is 2.48. The van der Waals surface area contributed by atoms with Gasteiger partial charge in [-0.2, -0.15) is 0 Å². The van der Waals surface area contributed by atoms with Crippen molar-refractivity contribution < 1.29 is 23.7 Å². The Morgan fingerprint density at radius 3 is 1.36 bits per heavy atom. The molecule has 1 saturated heterocycles. The summed E-state index contributed by atoms with van der Waals surface area (Å²) in [5, 5.41) is 0. The SMILES string of the molecule is ClC/C=C/C[C@H]1O[C@H](COCc2ccccc2)[C@H](OCc2ccccc2)[C@H](OCc2ccccc2)[C@H]1OCc1ccccc1. The molecule has 0 radical (unpaired) electrons. The number of rotatable bonds is 16. The maximum Gasteiger partial charge on any atom is 0.115 e. The predicted octanol–water partition coefficient (Wildman–Crippen LogP) is 7.91. The van der Waals surface area contributed by atoms with Crippen molar-refractivity contribution >= 4 is 11.6 Å². The topological polar surface area (TPSA) is 46.2 Å². The van der Waals surface area contributed by atoms with E-state index in [0.29, 0.717) is 45.3 Å². The van der Waals surface area contributed by atoms with E-state index in [-0.39, 0.29) is 12.2 Å². The van der Waals surface area contributed by atoms with Crippen molar-refractivity contribution in [1.29, 1.82) is 0 Å². The zero-order chi connectivity index (χ0) is 30.2. The number of halogens is 1. The lowest BCUT2D eigenvalue weighted by atomic mass is 9.92. The van der Waals surface area contributed by atoms with Crippen LogP contribution in [0.4, 0.5) is 0 Å². The van der Waals surface area contributed by atoms with Crippen molar-refractivity contribution in [2.45, 2.75) is 63.4 Å². The average Bonchev–Trinajstić information content (AvgIpc) is 3.08. The first-order valence-electron chi connectivity index (χ1n) is 15.2. The van der Waals surface area contributed by atoms with Crippen molar-refractivity contribution in [3.8, 4) is 0 Å². The van der Waals surface area contributed by atoms with E-state index in [9.17, 15) is 0 Å². The van der Waals surface area contributed by atoms with Gasteiger partial charge in [0.1, 0.15) is 24.4 Å². The molecule has 0 amide bonds. The molecule has 6 heteroatoms. The summed E-state index contributed by atoms with van der Waals surface area (Å²) in [5.41, 5.74) is 4.34. The summed E-state index contributed by atoms with van der Waals surface area (Å²) in [4.78, 5) is 0. The standard InChI is InChI=1S/C38H41ClO5/c39-24-14-13-23-34-36(41-26-31-17-7-2-8-18-31)38(43-28-33-21-11-4-12-22-33)37(42-27-32-19-9-3-10-20-32)35(44-34)29-40-25-30-15-5-1-6-16-30/h1-22,34-38H,23-29H2/b14-13+/t34-,35-,36+,37+,38-/m1/s1. The highest BCUT2D eigenvalue weighted by Crippen LogP contribution is 2.32. The minimum Gasteiger partial charge on any atom is -0.374 e. The van der Waals surface area contributed by atoms with E-state index in [1.807, 2.05) is 78.9 Å². The smallest absolute Gasteiger partial charge is 0.115 e. The average molecular weight is 613 g/mol. The third kappa shape index (κ3) is 9.86. The van der Waals surface area contributed by atoms with E-state index in [1.54, 1.807) is 0 Å². The van der Waals surface area contributed by atoms with Crippen molar-refractivity contribution in [1.82, 2.24) is 0 Å². The van der Waals surface area contributed by atoms with Gasteiger partial charge in [0.05, 0.1) is 39.1 Å². The molecule has 1 heterocycles. The molecule has 230 valence electrons. The van der Waals surface area contributed by atoms with E-state index in [0.717, 1.165) is 22.3 Å². The van der Waals surface area contributed by atoms with Gasteiger partial charge in [-0.1, -0.05) is 133 Å². The van der Waals surface area contributed by atoms with Gasteiger partial charge in [-0.25, -0.2) is 0 Å². The molecule has 5 rings (SSSR count). The molecule has 1 aliphatic heterocycles. The monoisotopic (exact) mass is 612 g/mol. The lowest BCUT2D eigenvalue weighted by Gasteiger charge is -2.46. The Hall–Kier alpha value is -3.29. The van der Waals surface area contributed by atoms with Crippen molar-refractivity contribution in [3.05, 3.63) is 156 Å². The van der Waals surface area contributed by atoms with Crippen LogP contribution in [0, 0.1) is 0 Å². The Bertz CT molecular complexity index is 1350. The Balaban J connectivity index is 1.42. The van der Waals surface area contributed by atoms with Crippen molar-refractivity contribution in [2.75, 3.05) is 12.5 Å². The Kier molecular flexibility index (Phi) is 13.0. The lowest BCUT2D eigenvalue weighted by Crippen LogP contribution is -2.61. The molecular weight excluding hydrogens is 572 g/mol. The molecule has 0 aromatic heterocycles. The Morgan fingerprint density at radius 1 is 0.500 bits per heavy atom. The summed E-state index contributed by atoms with van der Waals surface area (Å²) < 4.78 is 33.2. The zero-order valence-corrected chi connectivity index (χ0v) is 25.7. The van der Waals surface area contributed by atoms with Gasteiger partial charge >= 0.3 is 0 Å². The molecule has 5 atom stereocenters. The minimum absolute atomic E-state index is 0.291. The lowest BCUT2D eigenvalue weighted by molar-refractivity contribution is -0.271. The van der Waals surface area contributed by atoms with Gasteiger partial charge in [-0.05, 0) is 28.7 Å². The van der Waals surface area contributed by atoms with E-state index in [2.05, 4.69) is 54.6 Å². The molecule has 0 unspecified atom stereocenters. The van der Waals surface area contributed by atoms with Crippen molar-refractivity contribution in [2.24, 2.45) is 0 Å².